The molecule has 0 aromatic heterocycles. The molecule has 5 heteroatoms. The molecule has 1 heterocycles. The van der Waals surface area contributed by atoms with E-state index < -0.39 is 9.84 Å². The van der Waals surface area contributed by atoms with Crippen LogP contribution in [0, 0.1) is 0 Å². The molecular formula is C5H12N2O2S. The van der Waals surface area contributed by atoms with Gasteiger partial charge >= 0.3 is 0 Å². The number of hydrazine groups is 1. The minimum Gasteiger partial charge on any atom is -0.271 e. The lowest BCUT2D eigenvalue weighted by atomic mass is 10.2. The SMILES string of the molecule is NNCC1CCCS1(=O)=O. The monoisotopic (exact) mass is 164 g/mol. The molecule has 1 saturated heterocycles. The molecule has 3 N–H and O–H groups in total. The van der Waals surface area contributed by atoms with Crippen molar-refractivity contribution in [1.82, 2.24) is 5.43 Å². The van der Waals surface area contributed by atoms with Crippen molar-refractivity contribution in [3.63, 3.8) is 0 Å². The van der Waals surface area contributed by atoms with E-state index in [1.165, 1.54) is 0 Å². The van der Waals surface area contributed by atoms with Gasteiger partial charge in [0.05, 0.1) is 11.0 Å². The molecule has 10 heavy (non-hydrogen) atoms. The van der Waals surface area contributed by atoms with E-state index in [1.807, 2.05) is 0 Å². The Hall–Kier alpha value is -0.130. The predicted molar refractivity (Wildman–Crippen MR) is 39.0 cm³/mol. The van der Waals surface area contributed by atoms with E-state index in [9.17, 15) is 8.42 Å². The standard InChI is InChI=1S/C5H12N2O2S/c6-7-4-5-2-1-3-10(5,8)9/h5,7H,1-4,6H2. The Kier molecular flexibility index (Phi) is 2.28. The van der Waals surface area contributed by atoms with Gasteiger partial charge in [-0.25, -0.2) is 8.42 Å². The molecule has 0 amide bonds. The normalized spacial score (nSPS) is 30.7. The van der Waals surface area contributed by atoms with Crippen molar-refractivity contribution in [1.29, 1.82) is 0 Å². The van der Waals surface area contributed by atoms with Gasteiger partial charge < -0.3 is 0 Å². The van der Waals surface area contributed by atoms with E-state index in [0.717, 1.165) is 12.8 Å². The zero-order chi connectivity index (χ0) is 7.61. The fourth-order valence-electron chi connectivity index (χ4n) is 1.22. The lowest BCUT2D eigenvalue weighted by molar-refractivity contribution is 0.578. The number of hydrogen-bond acceptors (Lipinski definition) is 4. The number of hydrogen-bond donors (Lipinski definition) is 2. The second-order valence-corrected chi connectivity index (χ2v) is 4.94. The van der Waals surface area contributed by atoms with Crippen LogP contribution in [0.5, 0.6) is 0 Å². The maximum atomic E-state index is 11.1. The summed E-state index contributed by atoms with van der Waals surface area (Å²) in [5.41, 5.74) is 2.39. The molecule has 0 spiro atoms. The summed E-state index contributed by atoms with van der Waals surface area (Å²) in [5, 5.41) is -0.238. The van der Waals surface area contributed by atoms with Crippen LogP contribution in [0.1, 0.15) is 12.8 Å². The van der Waals surface area contributed by atoms with Gasteiger partial charge in [-0.05, 0) is 12.8 Å². The summed E-state index contributed by atoms with van der Waals surface area (Å²) in [6, 6.07) is 0. The zero-order valence-corrected chi connectivity index (χ0v) is 6.52. The van der Waals surface area contributed by atoms with Crippen molar-refractivity contribution in [2.75, 3.05) is 12.3 Å². The smallest absolute Gasteiger partial charge is 0.154 e. The van der Waals surface area contributed by atoms with Gasteiger partial charge in [-0.15, -0.1) is 0 Å². The van der Waals surface area contributed by atoms with Crippen LogP contribution in [0.15, 0.2) is 0 Å². The van der Waals surface area contributed by atoms with Crippen LogP contribution in [0.4, 0.5) is 0 Å². The van der Waals surface area contributed by atoms with E-state index in [1.54, 1.807) is 0 Å². The van der Waals surface area contributed by atoms with Crippen molar-refractivity contribution < 1.29 is 8.42 Å². The molecule has 0 radical (unpaired) electrons. The predicted octanol–water partition coefficient (Wildman–Crippen LogP) is -0.973. The van der Waals surface area contributed by atoms with Crippen LogP contribution in [-0.4, -0.2) is 26.0 Å². The zero-order valence-electron chi connectivity index (χ0n) is 5.71. The van der Waals surface area contributed by atoms with E-state index in [2.05, 4.69) is 5.43 Å². The molecule has 1 unspecified atom stereocenters. The summed E-state index contributed by atoms with van der Waals surface area (Å²) >= 11 is 0. The largest absolute Gasteiger partial charge is 0.271 e. The second-order valence-electron chi connectivity index (χ2n) is 2.54. The van der Waals surface area contributed by atoms with Crippen molar-refractivity contribution in [2.45, 2.75) is 18.1 Å². The van der Waals surface area contributed by atoms with E-state index in [4.69, 9.17) is 5.84 Å². The van der Waals surface area contributed by atoms with Crippen LogP contribution in [0.25, 0.3) is 0 Å². The first-order valence-corrected chi connectivity index (χ1v) is 5.03. The van der Waals surface area contributed by atoms with Crippen LogP contribution in [0.2, 0.25) is 0 Å². The Balaban J connectivity index is 2.60. The van der Waals surface area contributed by atoms with Crippen LogP contribution in [-0.2, 0) is 9.84 Å². The molecular weight excluding hydrogens is 152 g/mol. The van der Waals surface area contributed by atoms with Crippen molar-refractivity contribution >= 4 is 9.84 Å². The van der Waals surface area contributed by atoms with Gasteiger partial charge in [0.1, 0.15) is 0 Å². The Bertz CT molecular complexity index is 200. The molecule has 1 aliphatic rings. The highest BCUT2D eigenvalue weighted by molar-refractivity contribution is 7.92. The summed E-state index contributed by atoms with van der Waals surface area (Å²) in [5.74, 6) is 5.35. The van der Waals surface area contributed by atoms with Crippen molar-refractivity contribution in [3.05, 3.63) is 0 Å². The number of nitrogens with one attached hydrogen (secondary N) is 1. The summed E-state index contributed by atoms with van der Waals surface area (Å²) in [4.78, 5) is 0. The molecule has 1 atom stereocenters. The molecule has 4 nitrogen and oxygen atoms in total. The van der Waals surface area contributed by atoms with E-state index >= 15 is 0 Å². The third-order valence-corrected chi connectivity index (χ3v) is 4.08. The van der Waals surface area contributed by atoms with E-state index in [0.29, 0.717) is 12.3 Å². The Morgan fingerprint density at radius 3 is 2.70 bits per heavy atom. The highest BCUT2D eigenvalue weighted by Gasteiger charge is 2.30. The van der Waals surface area contributed by atoms with Gasteiger partial charge in [0.2, 0.25) is 0 Å². The van der Waals surface area contributed by atoms with Gasteiger partial charge in [0.25, 0.3) is 0 Å². The summed E-state index contributed by atoms with van der Waals surface area (Å²) in [6.07, 6.45) is 1.54. The molecule has 0 bridgehead atoms. The van der Waals surface area contributed by atoms with Gasteiger partial charge in [-0.1, -0.05) is 0 Å². The van der Waals surface area contributed by atoms with Crippen LogP contribution >= 0.6 is 0 Å². The first-order chi connectivity index (χ1) is 4.67. The lowest BCUT2D eigenvalue weighted by Gasteiger charge is -2.06. The lowest BCUT2D eigenvalue weighted by Crippen LogP contribution is -2.34. The molecule has 0 aromatic carbocycles. The third-order valence-electron chi connectivity index (χ3n) is 1.81. The molecule has 1 fully saturated rings. The van der Waals surface area contributed by atoms with Crippen molar-refractivity contribution in [2.24, 2.45) is 5.84 Å². The van der Waals surface area contributed by atoms with Crippen LogP contribution < -0.4 is 11.3 Å². The summed E-state index contributed by atoms with van der Waals surface area (Å²) < 4.78 is 22.1. The molecule has 0 saturated carbocycles. The minimum absolute atomic E-state index is 0.238. The fourth-order valence-corrected chi connectivity index (χ4v) is 3.00. The quantitative estimate of drug-likeness (QED) is 0.407. The highest BCUT2D eigenvalue weighted by Crippen LogP contribution is 2.18. The molecule has 0 aliphatic carbocycles. The average Bonchev–Trinajstić information content (AvgIpc) is 2.13. The Morgan fingerprint density at radius 1 is 1.60 bits per heavy atom. The minimum atomic E-state index is -2.79. The average molecular weight is 164 g/mol. The topological polar surface area (TPSA) is 72.2 Å². The fraction of sp³-hybridized carbons (Fsp3) is 1.00. The highest BCUT2D eigenvalue weighted by atomic mass is 32.2. The summed E-state index contributed by atoms with van der Waals surface area (Å²) in [7, 11) is -2.79. The van der Waals surface area contributed by atoms with Crippen molar-refractivity contribution in [3.8, 4) is 0 Å². The molecule has 0 aromatic rings. The Labute approximate surface area is 60.7 Å². The van der Waals surface area contributed by atoms with Gasteiger partial charge in [-0.2, -0.15) is 0 Å². The second kappa shape index (κ2) is 2.86. The van der Waals surface area contributed by atoms with Gasteiger partial charge in [-0.3, -0.25) is 11.3 Å². The number of sulfone groups is 1. The molecule has 1 aliphatic heterocycles. The first kappa shape index (κ1) is 7.97. The number of nitrogens with two attached hydrogens (primary N) is 1. The van der Waals surface area contributed by atoms with Crippen LogP contribution in [0.3, 0.4) is 0 Å². The maximum absolute atomic E-state index is 11.1. The van der Waals surface area contributed by atoms with Gasteiger partial charge in [0.15, 0.2) is 9.84 Å². The third kappa shape index (κ3) is 1.47. The van der Waals surface area contributed by atoms with E-state index in [-0.39, 0.29) is 5.25 Å². The Morgan fingerprint density at radius 2 is 2.30 bits per heavy atom. The first-order valence-electron chi connectivity index (χ1n) is 3.32. The molecule has 60 valence electrons. The summed E-state index contributed by atoms with van der Waals surface area (Å²) in [6.45, 7) is 0.391. The molecule has 1 rings (SSSR count). The maximum Gasteiger partial charge on any atom is 0.154 e. The number of rotatable bonds is 2. The van der Waals surface area contributed by atoms with Gasteiger partial charge in [0, 0.05) is 6.54 Å².